The molecule has 0 aromatic heterocycles. The van der Waals surface area contributed by atoms with Crippen LogP contribution in [-0.4, -0.2) is 24.6 Å². The minimum absolute atomic E-state index is 0.0788. The molecule has 5 nitrogen and oxygen atoms in total. The second-order valence-corrected chi connectivity index (χ2v) is 5.15. The van der Waals surface area contributed by atoms with Gasteiger partial charge in [-0.1, -0.05) is 25.4 Å². The van der Waals surface area contributed by atoms with Crippen LogP contribution in [-0.2, 0) is 14.3 Å². The zero-order chi connectivity index (χ0) is 16.9. The van der Waals surface area contributed by atoms with Crippen molar-refractivity contribution >= 4 is 29.2 Å². The molecule has 1 aromatic carbocycles. The van der Waals surface area contributed by atoms with Crippen LogP contribution < -0.4 is 10.1 Å². The molecule has 0 spiro atoms. The molecule has 1 atom stereocenters. The topological polar surface area (TPSA) is 64.6 Å². The fourth-order valence-corrected chi connectivity index (χ4v) is 1.60. The predicted octanol–water partition coefficient (Wildman–Crippen LogP) is 3.47. The minimum atomic E-state index is -2.99. The Balaban J connectivity index is 2.68. The Kier molecular flexibility index (Phi) is 6.55. The number of hydrogen-bond donors (Lipinski definition) is 1. The maximum Gasteiger partial charge on any atom is 0.387 e. The maximum atomic E-state index is 12.1. The van der Waals surface area contributed by atoms with Crippen LogP contribution in [0.15, 0.2) is 18.2 Å². The van der Waals surface area contributed by atoms with Crippen molar-refractivity contribution in [2.24, 2.45) is 5.92 Å². The Morgan fingerprint density at radius 2 is 1.86 bits per heavy atom. The molecule has 1 N–H and O–H groups in total. The van der Waals surface area contributed by atoms with Gasteiger partial charge in [0.05, 0.1) is 10.9 Å². The summed E-state index contributed by atoms with van der Waals surface area (Å²) in [6.07, 6.45) is -0.995. The summed E-state index contributed by atoms with van der Waals surface area (Å²) in [6.45, 7) is 1.72. The smallest absolute Gasteiger partial charge is 0.387 e. The second-order valence-electron chi connectivity index (χ2n) is 4.75. The first-order valence-electron chi connectivity index (χ1n) is 6.46. The molecule has 1 amide bonds. The van der Waals surface area contributed by atoms with E-state index in [2.05, 4.69) is 10.1 Å². The molecule has 1 aromatic rings. The highest BCUT2D eigenvalue weighted by molar-refractivity contribution is 6.32. The number of halogens is 3. The summed E-state index contributed by atoms with van der Waals surface area (Å²) in [5.74, 6) is -1.61. The molecular formula is C14H16ClF2NO4. The maximum absolute atomic E-state index is 12.1. The molecule has 1 unspecified atom stereocenters. The van der Waals surface area contributed by atoms with Crippen molar-refractivity contribution in [3.8, 4) is 5.75 Å². The van der Waals surface area contributed by atoms with Crippen molar-refractivity contribution in [2.45, 2.75) is 33.5 Å². The average molecular weight is 336 g/mol. The fourth-order valence-electron chi connectivity index (χ4n) is 1.38. The van der Waals surface area contributed by atoms with Gasteiger partial charge in [0.25, 0.3) is 5.91 Å². The molecule has 0 aliphatic carbocycles. The summed E-state index contributed by atoms with van der Waals surface area (Å²) in [4.78, 5) is 23.3. The lowest BCUT2D eigenvalue weighted by atomic mass is 10.2. The van der Waals surface area contributed by atoms with Crippen molar-refractivity contribution < 1.29 is 27.8 Å². The van der Waals surface area contributed by atoms with Crippen LogP contribution in [0.5, 0.6) is 5.75 Å². The molecule has 0 radical (unpaired) electrons. The van der Waals surface area contributed by atoms with E-state index in [1.54, 1.807) is 13.8 Å². The normalized spacial score (nSPS) is 12.2. The molecule has 0 heterocycles. The first-order chi connectivity index (χ1) is 10.2. The Morgan fingerprint density at radius 3 is 2.36 bits per heavy atom. The number of hydrogen-bond acceptors (Lipinski definition) is 4. The zero-order valence-electron chi connectivity index (χ0n) is 12.2. The third-order valence-corrected chi connectivity index (χ3v) is 2.84. The number of esters is 1. The van der Waals surface area contributed by atoms with Crippen molar-refractivity contribution in [3.05, 3.63) is 23.2 Å². The van der Waals surface area contributed by atoms with Gasteiger partial charge in [0.2, 0.25) is 0 Å². The SMILES string of the molecule is CC(C)C(=O)OC(C)C(=O)Nc1ccc(OC(F)F)c(Cl)c1. The first kappa shape index (κ1) is 18.2. The minimum Gasteiger partial charge on any atom is -0.452 e. The van der Waals surface area contributed by atoms with Crippen molar-refractivity contribution in [1.29, 1.82) is 0 Å². The van der Waals surface area contributed by atoms with E-state index in [1.807, 2.05) is 0 Å². The number of amides is 1. The molecule has 0 saturated carbocycles. The summed E-state index contributed by atoms with van der Waals surface area (Å²) in [5.41, 5.74) is 0.268. The standard InChI is InChI=1S/C14H16ClF2NO4/c1-7(2)13(20)21-8(3)12(19)18-9-4-5-11(10(15)6-9)22-14(16)17/h4-8,14H,1-3H3,(H,18,19). The molecule has 0 aliphatic rings. The summed E-state index contributed by atoms with van der Waals surface area (Å²) >= 11 is 5.77. The third kappa shape index (κ3) is 5.48. The van der Waals surface area contributed by atoms with Crippen LogP contribution in [0.3, 0.4) is 0 Å². The van der Waals surface area contributed by atoms with E-state index >= 15 is 0 Å². The number of nitrogens with one attached hydrogen (secondary N) is 1. The highest BCUT2D eigenvalue weighted by Gasteiger charge is 2.20. The number of carbonyl (C=O) groups excluding carboxylic acids is 2. The monoisotopic (exact) mass is 335 g/mol. The van der Waals surface area contributed by atoms with E-state index in [4.69, 9.17) is 16.3 Å². The number of alkyl halides is 2. The van der Waals surface area contributed by atoms with Gasteiger partial charge >= 0.3 is 12.6 Å². The average Bonchev–Trinajstić information content (AvgIpc) is 2.41. The molecule has 0 bridgehead atoms. The molecular weight excluding hydrogens is 320 g/mol. The van der Waals surface area contributed by atoms with Crippen molar-refractivity contribution in [1.82, 2.24) is 0 Å². The summed E-state index contributed by atoms with van der Waals surface area (Å²) in [7, 11) is 0. The predicted molar refractivity (Wildman–Crippen MR) is 77.1 cm³/mol. The lowest BCUT2D eigenvalue weighted by Gasteiger charge is -2.15. The molecule has 1 rings (SSSR count). The quantitative estimate of drug-likeness (QED) is 0.808. The Hall–Kier alpha value is -1.89. The van der Waals surface area contributed by atoms with E-state index in [0.717, 1.165) is 0 Å². The Bertz CT molecular complexity index is 552. The van der Waals surface area contributed by atoms with Gasteiger partial charge in [-0.25, -0.2) is 0 Å². The van der Waals surface area contributed by atoms with Crippen LogP contribution in [0.1, 0.15) is 20.8 Å². The lowest BCUT2D eigenvalue weighted by molar-refractivity contribution is -0.156. The second kappa shape index (κ2) is 7.93. The number of anilines is 1. The number of ether oxygens (including phenoxy) is 2. The van der Waals surface area contributed by atoms with E-state index in [9.17, 15) is 18.4 Å². The molecule has 122 valence electrons. The van der Waals surface area contributed by atoms with Crippen LogP contribution in [0, 0.1) is 5.92 Å². The summed E-state index contributed by atoms with van der Waals surface area (Å²) in [5, 5.41) is 2.38. The molecule has 22 heavy (non-hydrogen) atoms. The summed E-state index contributed by atoms with van der Waals surface area (Å²) < 4.78 is 33.3. The van der Waals surface area contributed by atoms with E-state index in [1.165, 1.54) is 25.1 Å². The van der Waals surface area contributed by atoms with Crippen LogP contribution >= 0.6 is 11.6 Å². The number of benzene rings is 1. The van der Waals surface area contributed by atoms with E-state index in [0.29, 0.717) is 0 Å². The molecule has 8 heteroatoms. The number of rotatable bonds is 6. The van der Waals surface area contributed by atoms with Gasteiger partial charge in [-0.3, -0.25) is 9.59 Å². The highest BCUT2D eigenvalue weighted by atomic mass is 35.5. The van der Waals surface area contributed by atoms with Gasteiger partial charge in [-0.15, -0.1) is 0 Å². The Morgan fingerprint density at radius 1 is 1.23 bits per heavy atom. The van der Waals surface area contributed by atoms with Crippen LogP contribution in [0.25, 0.3) is 0 Å². The van der Waals surface area contributed by atoms with E-state index in [-0.39, 0.29) is 22.4 Å². The van der Waals surface area contributed by atoms with Gasteiger partial charge in [0.15, 0.2) is 6.10 Å². The van der Waals surface area contributed by atoms with Crippen molar-refractivity contribution in [3.63, 3.8) is 0 Å². The highest BCUT2D eigenvalue weighted by Crippen LogP contribution is 2.29. The summed E-state index contributed by atoms with van der Waals surface area (Å²) in [6, 6.07) is 3.81. The zero-order valence-corrected chi connectivity index (χ0v) is 13.0. The van der Waals surface area contributed by atoms with Gasteiger partial charge in [-0.05, 0) is 25.1 Å². The number of carbonyl (C=O) groups is 2. The third-order valence-electron chi connectivity index (χ3n) is 2.55. The largest absolute Gasteiger partial charge is 0.452 e. The van der Waals surface area contributed by atoms with Crippen LogP contribution in [0.4, 0.5) is 14.5 Å². The van der Waals surface area contributed by atoms with Gasteiger partial charge in [0.1, 0.15) is 5.75 Å². The van der Waals surface area contributed by atoms with Gasteiger partial charge in [-0.2, -0.15) is 8.78 Å². The van der Waals surface area contributed by atoms with Gasteiger partial charge in [0, 0.05) is 5.69 Å². The van der Waals surface area contributed by atoms with Gasteiger partial charge < -0.3 is 14.8 Å². The molecule has 0 aliphatic heterocycles. The first-order valence-corrected chi connectivity index (χ1v) is 6.84. The van der Waals surface area contributed by atoms with Crippen LogP contribution in [0.2, 0.25) is 5.02 Å². The Labute approximate surface area is 131 Å². The van der Waals surface area contributed by atoms with E-state index < -0.39 is 24.6 Å². The molecule has 0 saturated heterocycles. The lowest BCUT2D eigenvalue weighted by Crippen LogP contribution is -2.31. The van der Waals surface area contributed by atoms with Crippen molar-refractivity contribution in [2.75, 3.05) is 5.32 Å². The fraction of sp³-hybridized carbons (Fsp3) is 0.429. The molecule has 0 fully saturated rings.